The van der Waals surface area contributed by atoms with Gasteiger partial charge in [0.15, 0.2) is 0 Å². The predicted octanol–water partition coefficient (Wildman–Crippen LogP) is 4.84. The molecule has 0 atom stereocenters. The van der Waals surface area contributed by atoms with Crippen LogP contribution in [0.15, 0.2) is 65.1 Å². The molecule has 13 heteroatoms. The van der Waals surface area contributed by atoms with Crippen molar-refractivity contribution < 1.29 is 46.1 Å². The molecule has 5 rings (SSSR count). The molecule has 0 aliphatic heterocycles. The van der Waals surface area contributed by atoms with Crippen LogP contribution in [0.1, 0.15) is 56.2 Å². The summed E-state index contributed by atoms with van der Waals surface area (Å²) in [5.41, 5.74) is 3.78. The highest BCUT2D eigenvalue weighted by Gasteiger charge is 2.31. The maximum atomic E-state index is 13.6. The number of hydrogen-bond donors (Lipinski definition) is 3. The van der Waals surface area contributed by atoms with E-state index in [1.54, 1.807) is 18.2 Å². The zero-order valence-electron chi connectivity index (χ0n) is 25.9. The fourth-order valence-corrected chi connectivity index (χ4v) is 6.31. The van der Waals surface area contributed by atoms with Crippen LogP contribution in [-0.2, 0) is 36.6 Å². The molecule has 1 saturated carbocycles. The maximum Gasteiger partial charge on any atom is 0.335 e. The Labute approximate surface area is 272 Å². The van der Waals surface area contributed by atoms with Crippen molar-refractivity contribution in [2.75, 3.05) is 46.6 Å². The molecule has 1 amide bonds. The number of fused-ring (bicyclic) bond motifs is 1. The summed E-state index contributed by atoms with van der Waals surface area (Å²) in [6, 6.07) is 15.6. The van der Waals surface area contributed by atoms with E-state index in [0.717, 1.165) is 24.0 Å². The van der Waals surface area contributed by atoms with Crippen LogP contribution in [0, 0.1) is 5.82 Å². The van der Waals surface area contributed by atoms with Gasteiger partial charge in [0.05, 0.1) is 56.5 Å². The SMILES string of the molecule is CNC(=O)c1c(-c2ccc(F)cc2)oc2cc(CS(=O)(=O)NCCOCCOCCOCc3ccc(C(=O)O)cc3)c(C3CC3)cc12. The minimum Gasteiger partial charge on any atom is -0.478 e. The third kappa shape index (κ3) is 9.24. The fourth-order valence-electron chi connectivity index (χ4n) is 5.15. The number of furan rings is 1. The number of rotatable bonds is 18. The third-order valence-corrected chi connectivity index (χ3v) is 8.99. The monoisotopic (exact) mass is 668 g/mol. The number of ether oxygens (including phenoxy) is 3. The average Bonchev–Trinajstić information content (AvgIpc) is 3.83. The zero-order valence-corrected chi connectivity index (χ0v) is 26.7. The predicted molar refractivity (Wildman–Crippen MR) is 172 cm³/mol. The first-order valence-electron chi connectivity index (χ1n) is 15.3. The second-order valence-corrected chi connectivity index (χ2v) is 13.0. The molecule has 3 N–H and O–H groups in total. The normalized spacial score (nSPS) is 13.2. The van der Waals surface area contributed by atoms with Crippen molar-refractivity contribution in [1.82, 2.24) is 10.0 Å². The quantitative estimate of drug-likeness (QED) is 0.126. The molecular formula is C34H37FN2O9S. The lowest BCUT2D eigenvalue weighted by Crippen LogP contribution is -2.29. The third-order valence-electron chi connectivity index (χ3n) is 7.66. The van der Waals surface area contributed by atoms with E-state index in [1.807, 2.05) is 6.07 Å². The van der Waals surface area contributed by atoms with Crippen LogP contribution < -0.4 is 10.0 Å². The standard InChI is InChI=1S/C34H37FN2O9S/c1-36-33(38)31-29-19-28(23-6-7-23)26(18-30(29)46-32(31)24-8-10-27(35)11-9-24)21-47(41,42)37-12-13-43-14-15-44-16-17-45-20-22-2-4-25(5-3-22)34(39)40/h2-5,8-11,18-19,23,37H,6-7,12-17,20-21H2,1H3,(H,36,38)(H,39,40). The minimum absolute atomic E-state index is 0.0867. The molecule has 250 valence electrons. The van der Waals surface area contributed by atoms with Crippen molar-refractivity contribution in [2.45, 2.75) is 31.1 Å². The van der Waals surface area contributed by atoms with E-state index >= 15 is 0 Å². The lowest BCUT2D eigenvalue weighted by atomic mass is 9.98. The van der Waals surface area contributed by atoms with E-state index in [9.17, 15) is 22.4 Å². The largest absolute Gasteiger partial charge is 0.478 e. The Bertz CT molecular complexity index is 1800. The van der Waals surface area contributed by atoms with E-state index in [0.29, 0.717) is 54.1 Å². The van der Waals surface area contributed by atoms with Gasteiger partial charge >= 0.3 is 5.97 Å². The molecule has 0 spiro atoms. The summed E-state index contributed by atoms with van der Waals surface area (Å²) in [6.07, 6.45) is 1.85. The Kier molecular flexibility index (Phi) is 11.4. The Morgan fingerprint density at radius 3 is 2.23 bits per heavy atom. The van der Waals surface area contributed by atoms with Crippen molar-refractivity contribution in [1.29, 1.82) is 0 Å². The van der Waals surface area contributed by atoms with Gasteiger partial charge in [-0.1, -0.05) is 12.1 Å². The van der Waals surface area contributed by atoms with Gasteiger partial charge in [-0.15, -0.1) is 0 Å². The summed E-state index contributed by atoms with van der Waals surface area (Å²) in [5.74, 6) is -1.52. The number of hydrogen-bond acceptors (Lipinski definition) is 8. The van der Waals surface area contributed by atoms with Crippen LogP contribution in [0.25, 0.3) is 22.3 Å². The molecule has 11 nitrogen and oxygen atoms in total. The van der Waals surface area contributed by atoms with E-state index in [1.165, 1.54) is 43.4 Å². The van der Waals surface area contributed by atoms with Gasteiger partial charge < -0.3 is 29.1 Å². The molecule has 0 unspecified atom stereocenters. The number of carbonyl (C=O) groups is 2. The first kappa shape index (κ1) is 34.2. The summed E-state index contributed by atoms with van der Waals surface area (Å²) in [5, 5.41) is 12.2. The van der Waals surface area contributed by atoms with Crippen LogP contribution in [0.2, 0.25) is 0 Å². The molecule has 1 aromatic heterocycles. The van der Waals surface area contributed by atoms with Gasteiger partial charge in [0.25, 0.3) is 5.91 Å². The van der Waals surface area contributed by atoms with Crippen LogP contribution in [0.5, 0.6) is 0 Å². The summed E-state index contributed by atoms with van der Waals surface area (Å²) < 4.78 is 64.8. The molecule has 1 aliphatic carbocycles. The number of amides is 1. The molecule has 0 radical (unpaired) electrons. The molecular weight excluding hydrogens is 631 g/mol. The molecule has 1 fully saturated rings. The Morgan fingerprint density at radius 2 is 1.60 bits per heavy atom. The van der Waals surface area contributed by atoms with E-state index < -0.39 is 21.8 Å². The number of aromatic carboxylic acids is 1. The van der Waals surface area contributed by atoms with Crippen LogP contribution in [0.4, 0.5) is 4.39 Å². The van der Waals surface area contributed by atoms with Crippen molar-refractivity contribution in [3.63, 3.8) is 0 Å². The molecule has 1 heterocycles. The van der Waals surface area contributed by atoms with Crippen molar-refractivity contribution in [3.8, 4) is 11.3 Å². The average molecular weight is 669 g/mol. The lowest BCUT2D eigenvalue weighted by molar-refractivity contribution is 0.0116. The van der Waals surface area contributed by atoms with E-state index in [4.69, 9.17) is 23.7 Å². The summed E-state index contributed by atoms with van der Waals surface area (Å²) in [7, 11) is -2.20. The highest BCUT2D eigenvalue weighted by Crippen LogP contribution is 2.45. The number of benzene rings is 3. The number of sulfonamides is 1. The van der Waals surface area contributed by atoms with Crippen molar-refractivity contribution in [2.24, 2.45) is 0 Å². The zero-order chi connectivity index (χ0) is 33.4. The molecule has 3 aromatic carbocycles. The van der Waals surface area contributed by atoms with Crippen molar-refractivity contribution >= 4 is 32.9 Å². The maximum absolute atomic E-state index is 13.6. The van der Waals surface area contributed by atoms with Gasteiger partial charge in [0.1, 0.15) is 17.2 Å². The smallest absolute Gasteiger partial charge is 0.335 e. The topological polar surface area (TPSA) is 153 Å². The molecule has 4 aromatic rings. The fraction of sp³-hybridized carbons (Fsp3) is 0.353. The number of carbonyl (C=O) groups excluding carboxylic acids is 1. The molecule has 47 heavy (non-hydrogen) atoms. The molecule has 0 bridgehead atoms. The van der Waals surface area contributed by atoms with Crippen LogP contribution in [-0.4, -0.2) is 72.0 Å². The second-order valence-electron chi connectivity index (χ2n) is 11.1. The molecule has 0 saturated heterocycles. The van der Waals surface area contributed by atoms with Crippen molar-refractivity contribution in [3.05, 3.63) is 94.3 Å². The minimum atomic E-state index is -3.72. The highest BCUT2D eigenvalue weighted by atomic mass is 32.2. The number of carboxylic acid groups (broad SMARTS) is 1. The highest BCUT2D eigenvalue weighted by molar-refractivity contribution is 7.88. The summed E-state index contributed by atoms with van der Waals surface area (Å²) >= 11 is 0. The Hall–Kier alpha value is -4.14. The molecule has 1 aliphatic rings. The van der Waals surface area contributed by atoms with Gasteiger partial charge in [0, 0.05) is 24.5 Å². The van der Waals surface area contributed by atoms with E-state index in [2.05, 4.69) is 10.0 Å². The van der Waals surface area contributed by atoms with Gasteiger partial charge in [-0.3, -0.25) is 4.79 Å². The van der Waals surface area contributed by atoms with E-state index in [-0.39, 0.29) is 48.7 Å². The first-order chi connectivity index (χ1) is 22.6. The van der Waals surface area contributed by atoms with Gasteiger partial charge in [0.2, 0.25) is 10.0 Å². The number of nitrogens with one attached hydrogen (secondary N) is 2. The first-order valence-corrected chi connectivity index (χ1v) is 16.9. The van der Waals surface area contributed by atoms with Gasteiger partial charge in [-0.05, 0) is 84.0 Å². The van der Waals surface area contributed by atoms with Gasteiger partial charge in [-0.25, -0.2) is 22.3 Å². The Balaban J connectivity index is 1.09. The summed E-state index contributed by atoms with van der Waals surface area (Å²) in [4.78, 5) is 23.8. The van der Waals surface area contributed by atoms with Gasteiger partial charge in [-0.2, -0.15) is 0 Å². The van der Waals surface area contributed by atoms with Crippen LogP contribution in [0.3, 0.4) is 0 Å². The number of halogens is 1. The summed E-state index contributed by atoms with van der Waals surface area (Å²) in [6.45, 7) is 1.89. The second kappa shape index (κ2) is 15.6. The number of carboxylic acids is 1. The van der Waals surface area contributed by atoms with Crippen LogP contribution >= 0.6 is 0 Å². The lowest BCUT2D eigenvalue weighted by Gasteiger charge is -2.12. The Morgan fingerprint density at radius 1 is 0.936 bits per heavy atom.